The first-order valence-electron chi connectivity index (χ1n) is 7.00. The Balaban J connectivity index is 1.71. The second-order valence-corrected chi connectivity index (χ2v) is 5.42. The van der Waals surface area contributed by atoms with Gasteiger partial charge in [-0.1, -0.05) is 23.8 Å². The molecule has 2 aromatic heterocycles. The van der Waals surface area contributed by atoms with Gasteiger partial charge >= 0.3 is 0 Å². The number of rotatable bonds is 4. The molecule has 0 fully saturated rings. The van der Waals surface area contributed by atoms with Crippen molar-refractivity contribution in [2.24, 2.45) is 0 Å². The highest BCUT2D eigenvalue weighted by molar-refractivity contribution is 5.43. The maximum absolute atomic E-state index is 4.32. The zero-order chi connectivity index (χ0) is 14.8. The monoisotopic (exact) mass is 282 g/mol. The van der Waals surface area contributed by atoms with Gasteiger partial charge in [0.05, 0.1) is 0 Å². The third kappa shape index (κ3) is 2.99. The summed E-state index contributed by atoms with van der Waals surface area (Å²) in [5.74, 6) is 0.770. The number of fused-ring (bicyclic) bond motifs is 1. The number of hydrogen-bond acceptors (Lipinski definition) is 5. The second kappa shape index (κ2) is 5.47. The van der Waals surface area contributed by atoms with Crippen LogP contribution in [0.3, 0.4) is 0 Å². The van der Waals surface area contributed by atoms with Gasteiger partial charge in [-0.25, -0.2) is 0 Å². The number of aromatic nitrogens is 5. The lowest BCUT2D eigenvalue weighted by Gasteiger charge is -2.16. The quantitative estimate of drug-likeness (QED) is 0.794. The number of anilines is 1. The minimum Gasteiger partial charge on any atom is -0.366 e. The normalized spacial score (nSPS) is 12.5. The highest BCUT2D eigenvalue weighted by Crippen LogP contribution is 2.14. The van der Waals surface area contributed by atoms with Crippen LogP contribution in [0.1, 0.15) is 23.6 Å². The van der Waals surface area contributed by atoms with Crippen molar-refractivity contribution in [3.63, 3.8) is 0 Å². The number of benzene rings is 1. The van der Waals surface area contributed by atoms with E-state index in [9.17, 15) is 0 Å². The number of tetrazole rings is 1. The van der Waals surface area contributed by atoms with Gasteiger partial charge < -0.3 is 5.32 Å². The predicted molar refractivity (Wildman–Crippen MR) is 81.3 cm³/mol. The third-order valence-corrected chi connectivity index (χ3v) is 3.49. The SMILES string of the molecule is Cc1ccc(CC(C)Nc2ccc3nnnn3n2)c(C)c1. The summed E-state index contributed by atoms with van der Waals surface area (Å²) in [5.41, 5.74) is 4.61. The van der Waals surface area contributed by atoms with Crippen LogP contribution < -0.4 is 5.32 Å². The Morgan fingerprint density at radius 1 is 1.19 bits per heavy atom. The maximum atomic E-state index is 4.32. The smallest absolute Gasteiger partial charge is 0.200 e. The Morgan fingerprint density at radius 2 is 2.05 bits per heavy atom. The standard InChI is InChI=1S/C15H18N6/c1-10-4-5-13(11(2)8-10)9-12(3)16-14-6-7-15-17-19-20-21(15)18-14/h4-8,12H,9H2,1-3H3,(H,16,18). The molecule has 108 valence electrons. The van der Waals surface area contributed by atoms with Gasteiger partial charge in [-0.2, -0.15) is 0 Å². The van der Waals surface area contributed by atoms with Crippen LogP contribution in [0.4, 0.5) is 5.82 Å². The molecule has 0 aliphatic carbocycles. The van der Waals surface area contributed by atoms with Crippen LogP contribution in [-0.2, 0) is 6.42 Å². The highest BCUT2D eigenvalue weighted by Gasteiger charge is 2.08. The zero-order valence-corrected chi connectivity index (χ0v) is 12.4. The molecule has 21 heavy (non-hydrogen) atoms. The minimum atomic E-state index is 0.271. The molecule has 0 spiro atoms. The van der Waals surface area contributed by atoms with Crippen molar-refractivity contribution in [3.05, 3.63) is 47.0 Å². The van der Waals surface area contributed by atoms with Crippen LogP contribution >= 0.6 is 0 Å². The van der Waals surface area contributed by atoms with Gasteiger partial charge in [-0.05, 0) is 60.9 Å². The summed E-state index contributed by atoms with van der Waals surface area (Å²) in [4.78, 5) is 0. The molecule has 0 aliphatic heterocycles. The molecule has 6 heteroatoms. The number of aryl methyl sites for hydroxylation is 2. The molecule has 3 rings (SSSR count). The first-order chi connectivity index (χ1) is 10.1. The van der Waals surface area contributed by atoms with Crippen molar-refractivity contribution in [2.75, 3.05) is 5.32 Å². The average molecular weight is 282 g/mol. The maximum Gasteiger partial charge on any atom is 0.200 e. The van der Waals surface area contributed by atoms with Crippen molar-refractivity contribution in [1.29, 1.82) is 0 Å². The van der Waals surface area contributed by atoms with E-state index >= 15 is 0 Å². The molecule has 0 aliphatic rings. The van der Waals surface area contributed by atoms with Crippen LogP contribution in [-0.4, -0.2) is 31.3 Å². The zero-order valence-electron chi connectivity index (χ0n) is 12.4. The first kappa shape index (κ1) is 13.5. The second-order valence-electron chi connectivity index (χ2n) is 5.42. The Kier molecular flexibility index (Phi) is 3.51. The van der Waals surface area contributed by atoms with Gasteiger partial charge in [0.1, 0.15) is 5.82 Å². The molecule has 1 unspecified atom stereocenters. The highest BCUT2D eigenvalue weighted by atomic mass is 15.6. The molecule has 0 bridgehead atoms. The van der Waals surface area contributed by atoms with Gasteiger partial charge in [-0.15, -0.1) is 14.8 Å². The third-order valence-electron chi connectivity index (χ3n) is 3.49. The van der Waals surface area contributed by atoms with Gasteiger partial charge in [0, 0.05) is 6.04 Å². The van der Waals surface area contributed by atoms with E-state index in [1.165, 1.54) is 21.3 Å². The van der Waals surface area contributed by atoms with Crippen molar-refractivity contribution in [2.45, 2.75) is 33.2 Å². The summed E-state index contributed by atoms with van der Waals surface area (Å²) in [6, 6.07) is 10.6. The summed E-state index contributed by atoms with van der Waals surface area (Å²) in [6.45, 7) is 6.41. The first-order valence-corrected chi connectivity index (χ1v) is 7.00. The molecule has 2 heterocycles. The summed E-state index contributed by atoms with van der Waals surface area (Å²) in [7, 11) is 0. The van der Waals surface area contributed by atoms with E-state index in [-0.39, 0.29) is 6.04 Å². The van der Waals surface area contributed by atoms with Gasteiger partial charge in [0.2, 0.25) is 0 Å². The Hall–Kier alpha value is -2.50. The number of nitrogens with zero attached hydrogens (tertiary/aromatic N) is 5. The van der Waals surface area contributed by atoms with Gasteiger partial charge in [0.15, 0.2) is 5.65 Å². The summed E-state index contributed by atoms with van der Waals surface area (Å²) >= 11 is 0. The fourth-order valence-electron chi connectivity index (χ4n) is 2.43. The lowest BCUT2D eigenvalue weighted by molar-refractivity contribution is 0.719. The van der Waals surface area contributed by atoms with Crippen molar-refractivity contribution in [3.8, 4) is 0 Å². The van der Waals surface area contributed by atoms with Crippen LogP contribution in [0.5, 0.6) is 0 Å². The predicted octanol–water partition coefficient (Wildman–Crippen LogP) is 2.18. The molecule has 3 aromatic rings. The van der Waals surface area contributed by atoms with Crippen molar-refractivity contribution in [1.82, 2.24) is 25.3 Å². The molecule has 0 radical (unpaired) electrons. The van der Waals surface area contributed by atoms with Gasteiger partial charge in [0.25, 0.3) is 0 Å². The molecule has 0 amide bonds. The van der Waals surface area contributed by atoms with Gasteiger partial charge in [-0.3, -0.25) is 0 Å². The average Bonchev–Trinajstić information content (AvgIpc) is 2.89. The molecule has 6 nitrogen and oxygen atoms in total. The largest absolute Gasteiger partial charge is 0.366 e. The number of hydrogen-bond donors (Lipinski definition) is 1. The summed E-state index contributed by atoms with van der Waals surface area (Å²) < 4.78 is 1.42. The topological polar surface area (TPSA) is 68.0 Å². The lowest BCUT2D eigenvalue weighted by Crippen LogP contribution is -2.20. The van der Waals surface area contributed by atoms with E-state index in [4.69, 9.17) is 0 Å². The van der Waals surface area contributed by atoms with Crippen LogP contribution in [0.2, 0.25) is 0 Å². The molecular formula is C15H18N6. The van der Waals surface area contributed by atoms with Crippen LogP contribution in [0, 0.1) is 13.8 Å². The van der Waals surface area contributed by atoms with E-state index in [2.05, 4.69) is 64.9 Å². The fraction of sp³-hybridized carbons (Fsp3) is 0.333. The Bertz CT molecular complexity index is 764. The fourth-order valence-corrected chi connectivity index (χ4v) is 2.43. The molecule has 1 aromatic carbocycles. The number of nitrogens with one attached hydrogen (secondary N) is 1. The van der Waals surface area contributed by atoms with E-state index in [0.717, 1.165) is 12.2 Å². The van der Waals surface area contributed by atoms with Crippen LogP contribution in [0.25, 0.3) is 5.65 Å². The molecular weight excluding hydrogens is 264 g/mol. The minimum absolute atomic E-state index is 0.271. The van der Waals surface area contributed by atoms with E-state index in [0.29, 0.717) is 5.65 Å². The van der Waals surface area contributed by atoms with E-state index in [1.807, 2.05) is 12.1 Å². The Labute approximate surface area is 123 Å². The molecule has 0 saturated heterocycles. The van der Waals surface area contributed by atoms with Crippen molar-refractivity contribution < 1.29 is 0 Å². The summed E-state index contributed by atoms with van der Waals surface area (Å²) in [6.07, 6.45) is 0.946. The summed E-state index contributed by atoms with van der Waals surface area (Å²) in [5, 5.41) is 18.9. The van der Waals surface area contributed by atoms with E-state index in [1.54, 1.807) is 0 Å². The molecule has 1 N–H and O–H groups in total. The molecule has 1 atom stereocenters. The Morgan fingerprint density at radius 3 is 2.86 bits per heavy atom. The lowest BCUT2D eigenvalue weighted by atomic mass is 10.00. The van der Waals surface area contributed by atoms with Crippen molar-refractivity contribution >= 4 is 11.5 Å². The van der Waals surface area contributed by atoms with E-state index < -0.39 is 0 Å². The van der Waals surface area contributed by atoms with Crippen LogP contribution in [0.15, 0.2) is 30.3 Å². The molecule has 0 saturated carbocycles.